The number of thiophene rings is 1. The highest BCUT2D eigenvalue weighted by Crippen LogP contribution is 2.19. The molecule has 2 heterocycles. The standard InChI is InChI=1S/C15H18N2O2S/c1-3-19-12(2)15(18)17(10-13-6-8-20-11-13)14-5-4-7-16-9-14/h4-9,11-12H,3,10H2,1-2H3. The number of anilines is 1. The number of hydrogen-bond donors (Lipinski definition) is 0. The number of rotatable bonds is 6. The van der Waals surface area contributed by atoms with E-state index in [0.29, 0.717) is 13.2 Å². The summed E-state index contributed by atoms with van der Waals surface area (Å²) in [7, 11) is 0. The summed E-state index contributed by atoms with van der Waals surface area (Å²) >= 11 is 1.62. The van der Waals surface area contributed by atoms with Gasteiger partial charge < -0.3 is 9.64 Å². The first-order valence-corrected chi connectivity index (χ1v) is 7.50. The third-order valence-corrected chi connectivity index (χ3v) is 3.64. The summed E-state index contributed by atoms with van der Waals surface area (Å²) in [6.45, 7) is 4.72. The zero-order chi connectivity index (χ0) is 14.4. The maximum Gasteiger partial charge on any atom is 0.256 e. The lowest BCUT2D eigenvalue weighted by Gasteiger charge is -2.25. The van der Waals surface area contributed by atoms with Crippen LogP contribution in [-0.4, -0.2) is 23.6 Å². The molecule has 0 saturated heterocycles. The van der Waals surface area contributed by atoms with Crippen molar-refractivity contribution < 1.29 is 9.53 Å². The van der Waals surface area contributed by atoms with Crippen molar-refractivity contribution in [3.8, 4) is 0 Å². The number of hydrogen-bond acceptors (Lipinski definition) is 4. The second-order valence-corrected chi connectivity index (χ2v) is 5.14. The number of carbonyl (C=O) groups excluding carboxylic acids is 1. The van der Waals surface area contributed by atoms with Gasteiger partial charge in [0.05, 0.1) is 18.4 Å². The highest BCUT2D eigenvalue weighted by Gasteiger charge is 2.22. The molecule has 0 bridgehead atoms. The van der Waals surface area contributed by atoms with Crippen molar-refractivity contribution in [3.05, 3.63) is 46.9 Å². The first-order chi connectivity index (χ1) is 9.72. The molecule has 2 aromatic heterocycles. The summed E-state index contributed by atoms with van der Waals surface area (Å²) in [4.78, 5) is 18.3. The first-order valence-electron chi connectivity index (χ1n) is 6.56. The first kappa shape index (κ1) is 14.7. The normalized spacial score (nSPS) is 12.1. The van der Waals surface area contributed by atoms with Gasteiger partial charge in [-0.1, -0.05) is 0 Å². The van der Waals surface area contributed by atoms with Gasteiger partial charge in [-0.3, -0.25) is 9.78 Å². The van der Waals surface area contributed by atoms with Gasteiger partial charge in [0.2, 0.25) is 0 Å². The van der Waals surface area contributed by atoms with E-state index < -0.39 is 6.10 Å². The Labute approximate surface area is 123 Å². The molecule has 0 aliphatic rings. The monoisotopic (exact) mass is 290 g/mol. The zero-order valence-corrected chi connectivity index (χ0v) is 12.5. The van der Waals surface area contributed by atoms with Gasteiger partial charge in [0.25, 0.3) is 5.91 Å². The average Bonchev–Trinajstić information content (AvgIpc) is 2.98. The van der Waals surface area contributed by atoms with Crippen LogP contribution in [0.3, 0.4) is 0 Å². The van der Waals surface area contributed by atoms with Gasteiger partial charge in [0, 0.05) is 12.8 Å². The van der Waals surface area contributed by atoms with E-state index in [0.717, 1.165) is 11.3 Å². The number of nitrogens with zero attached hydrogens (tertiary/aromatic N) is 2. The Balaban J connectivity index is 2.22. The van der Waals surface area contributed by atoms with Crippen molar-refractivity contribution in [1.82, 2.24) is 4.98 Å². The molecule has 0 aliphatic carbocycles. The Morgan fingerprint density at radius 3 is 2.95 bits per heavy atom. The molecule has 106 valence electrons. The molecular formula is C15H18N2O2S. The fourth-order valence-corrected chi connectivity index (χ4v) is 2.58. The zero-order valence-electron chi connectivity index (χ0n) is 11.7. The number of carbonyl (C=O) groups is 1. The second-order valence-electron chi connectivity index (χ2n) is 4.36. The van der Waals surface area contributed by atoms with E-state index in [4.69, 9.17) is 4.74 Å². The van der Waals surface area contributed by atoms with E-state index >= 15 is 0 Å². The van der Waals surface area contributed by atoms with Crippen LogP contribution < -0.4 is 4.90 Å². The van der Waals surface area contributed by atoms with Crippen LogP contribution in [-0.2, 0) is 16.1 Å². The van der Waals surface area contributed by atoms with Gasteiger partial charge in [-0.15, -0.1) is 0 Å². The summed E-state index contributed by atoms with van der Waals surface area (Å²) in [5, 5.41) is 4.05. The minimum absolute atomic E-state index is 0.0500. The Morgan fingerprint density at radius 2 is 2.35 bits per heavy atom. The number of pyridine rings is 1. The number of ether oxygens (including phenoxy) is 1. The van der Waals surface area contributed by atoms with Crippen molar-refractivity contribution in [3.63, 3.8) is 0 Å². The highest BCUT2D eigenvalue weighted by atomic mass is 32.1. The molecule has 0 N–H and O–H groups in total. The molecule has 2 aromatic rings. The minimum Gasteiger partial charge on any atom is -0.369 e. The molecule has 0 spiro atoms. The van der Waals surface area contributed by atoms with Crippen LogP contribution in [0.15, 0.2) is 41.4 Å². The lowest BCUT2D eigenvalue weighted by atomic mass is 10.2. The summed E-state index contributed by atoms with van der Waals surface area (Å²) in [5.74, 6) is -0.0500. The molecule has 1 unspecified atom stereocenters. The third-order valence-electron chi connectivity index (χ3n) is 2.91. The van der Waals surface area contributed by atoms with Gasteiger partial charge in [-0.2, -0.15) is 11.3 Å². The Morgan fingerprint density at radius 1 is 1.50 bits per heavy atom. The maximum atomic E-state index is 12.5. The van der Waals surface area contributed by atoms with E-state index in [1.165, 1.54) is 0 Å². The van der Waals surface area contributed by atoms with E-state index in [1.54, 1.807) is 35.6 Å². The molecule has 0 fully saturated rings. The second kappa shape index (κ2) is 7.17. The minimum atomic E-state index is -0.459. The molecule has 5 heteroatoms. The van der Waals surface area contributed by atoms with Crippen LogP contribution in [0.25, 0.3) is 0 Å². The van der Waals surface area contributed by atoms with Gasteiger partial charge in [0.1, 0.15) is 6.10 Å². The Kier molecular flexibility index (Phi) is 5.26. The molecule has 0 radical (unpaired) electrons. The largest absolute Gasteiger partial charge is 0.369 e. The van der Waals surface area contributed by atoms with Crippen molar-refractivity contribution in [2.75, 3.05) is 11.5 Å². The summed E-state index contributed by atoms with van der Waals surface area (Å²) in [5.41, 5.74) is 1.89. The fraction of sp³-hybridized carbons (Fsp3) is 0.333. The smallest absolute Gasteiger partial charge is 0.256 e. The van der Waals surface area contributed by atoms with Crippen LogP contribution in [0.4, 0.5) is 5.69 Å². The van der Waals surface area contributed by atoms with Crippen molar-refractivity contribution in [1.29, 1.82) is 0 Å². The van der Waals surface area contributed by atoms with Crippen LogP contribution in [0, 0.1) is 0 Å². The summed E-state index contributed by atoms with van der Waals surface area (Å²) in [6.07, 6.45) is 2.94. The van der Waals surface area contributed by atoms with E-state index in [9.17, 15) is 4.79 Å². The van der Waals surface area contributed by atoms with Crippen LogP contribution in [0.1, 0.15) is 19.4 Å². The van der Waals surface area contributed by atoms with Gasteiger partial charge in [0.15, 0.2) is 0 Å². The molecule has 4 nitrogen and oxygen atoms in total. The number of aromatic nitrogens is 1. The molecule has 2 rings (SSSR count). The molecule has 1 amide bonds. The molecule has 0 aliphatic heterocycles. The lowest BCUT2D eigenvalue weighted by Crippen LogP contribution is -2.38. The lowest BCUT2D eigenvalue weighted by molar-refractivity contribution is -0.128. The number of amides is 1. The maximum absolute atomic E-state index is 12.5. The topological polar surface area (TPSA) is 42.4 Å². The molecular weight excluding hydrogens is 272 g/mol. The predicted molar refractivity (Wildman–Crippen MR) is 80.8 cm³/mol. The third kappa shape index (κ3) is 3.65. The fourth-order valence-electron chi connectivity index (χ4n) is 1.92. The summed E-state index contributed by atoms with van der Waals surface area (Å²) in [6, 6.07) is 5.73. The van der Waals surface area contributed by atoms with Gasteiger partial charge >= 0.3 is 0 Å². The van der Waals surface area contributed by atoms with E-state index in [1.807, 2.05) is 35.9 Å². The molecule has 0 aromatic carbocycles. The van der Waals surface area contributed by atoms with Crippen LogP contribution in [0.5, 0.6) is 0 Å². The van der Waals surface area contributed by atoms with Crippen molar-refractivity contribution in [2.45, 2.75) is 26.5 Å². The Bertz CT molecular complexity index is 528. The van der Waals surface area contributed by atoms with Gasteiger partial charge in [-0.05, 0) is 48.4 Å². The van der Waals surface area contributed by atoms with E-state index in [2.05, 4.69) is 4.98 Å². The molecule has 0 saturated carbocycles. The Hall–Kier alpha value is -1.72. The van der Waals surface area contributed by atoms with Crippen LogP contribution >= 0.6 is 11.3 Å². The van der Waals surface area contributed by atoms with Crippen LogP contribution in [0.2, 0.25) is 0 Å². The molecule has 1 atom stereocenters. The van der Waals surface area contributed by atoms with Crippen molar-refractivity contribution in [2.24, 2.45) is 0 Å². The van der Waals surface area contributed by atoms with Crippen molar-refractivity contribution >= 4 is 22.9 Å². The quantitative estimate of drug-likeness (QED) is 0.821. The SMILES string of the molecule is CCOC(C)C(=O)N(Cc1ccsc1)c1cccnc1. The predicted octanol–water partition coefficient (Wildman–Crippen LogP) is 3.10. The highest BCUT2D eigenvalue weighted by molar-refractivity contribution is 7.07. The summed E-state index contributed by atoms with van der Waals surface area (Å²) < 4.78 is 5.42. The van der Waals surface area contributed by atoms with E-state index in [-0.39, 0.29) is 5.91 Å². The average molecular weight is 290 g/mol. The molecule has 20 heavy (non-hydrogen) atoms. The van der Waals surface area contributed by atoms with Gasteiger partial charge in [-0.25, -0.2) is 0 Å².